The van der Waals surface area contributed by atoms with Gasteiger partial charge in [0, 0.05) is 25.7 Å². The second-order valence-electron chi connectivity index (χ2n) is 7.43. The highest BCUT2D eigenvalue weighted by molar-refractivity contribution is 14.0. The Morgan fingerprint density at radius 2 is 2.07 bits per heavy atom. The fourth-order valence-electron chi connectivity index (χ4n) is 3.64. The number of aryl methyl sites for hydroxylation is 1. The summed E-state index contributed by atoms with van der Waals surface area (Å²) in [6.45, 7) is 5.29. The van der Waals surface area contributed by atoms with E-state index >= 15 is 0 Å². The molecular weight excluding hydrogens is 465 g/mol. The predicted molar refractivity (Wildman–Crippen MR) is 126 cm³/mol. The van der Waals surface area contributed by atoms with E-state index < -0.39 is 0 Å². The minimum atomic E-state index is 0. The van der Waals surface area contributed by atoms with Crippen LogP contribution in [0.3, 0.4) is 0 Å². The summed E-state index contributed by atoms with van der Waals surface area (Å²) < 4.78 is 11.7. The van der Waals surface area contributed by atoms with Gasteiger partial charge in [-0.1, -0.05) is 23.8 Å². The molecule has 0 saturated heterocycles. The molecule has 0 unspecified atom stereocenters. The van der Waals surface area contributed by atoms with Crippen LogP contribution >= 0.6 is 24.0 Å². The quantitative estimate of drug-likeness (QED) is 0.254. The van der Waals surface area contributed by atoms with Crippen molar-refractivity contribution in [3.05, 3.63) is 41.0 Å². The van der Waals surface area contributed by atoms with Crippen LogP contribution in [0, 0.1) is 6.92 Å². The zero-order valence-electron chi connectivity index (χ0n) is 17.1. The van der Waals surface area contributed by atoms with Gasteiger partial charge in [0.2, 0.25) is 0 Å². The minimum absolute atomic E-state index is 0. The number of nitrogens with one attached hydrogen (secondary N) is 2. The molecule has 3 rings (SSSR count). The van der Waals surface area contributed by atoms with Crippen molar-refractivity contribution < 1.29 is 9.47 Å². The van der Waals surface area contributed by atoms with E-state index in [2.05, 4.69) is 46.8 Å². The lowest BCUT2D eigenvalue weighted by molar-refractivity contribution is 0.153. The number of guanidine groups is 1. The molecule has 1 fully saturated rings. The lowest BCUT2D eigenvalue weighted by Crippen LogP contribution is -2.37. The molecule has 0 atom stereocenters. The van der Waals surface area contributed by atoms with Crippen LogP contribution in [0.25, 0.3) is 0 Å². The van der Waals surface area contributed by atoms with Gasteiger partial charge in [0.05, 0.1) is 19.3 Å². The fourth-order valence-corrected chi connectivity index (χ4v) is 3.64. The van der Waals surface area contributed by atoms with Crippen molar-refractivity contribution in [2.75, 3.05) is 26.8 Å². The Morgan fingerprint density at radius 3 is 2.79 bits per heavy atom. The number of halogens is 1. The highest BCUT2D eigenvalue weighted by atomic mass is 127. The summed E-state index contributed by atoms with van der Waals surface area (Å²) in [4.78, 5) is 4.35. The Labute approximate surface area is 186 Å². The van der Waals surface area contributed by atoms with Gasteiger partial charge in [-0.2, -0.15) is 0 Å². The van der Waals surface area contributed by atoms with Crippen molar-refractivity contribution in [2.24, 2.45) is 4.99 Å². The molecule has 0 spiro atoms. The van der Waals surface area contributed by atoms with Gasteiger partial charge in [0.25, 0.3) is 0 Å². The number of hydrogen-bond donors (Lipinski definition) is 2. The van der Waals surface area contributed by atoms with Crippen molar-refractivity contribution in [1.29, 1.82) is 0 Å². The van der Waals surface area contributed by atoms with Gasteiger partial charge >= 0.3 is 0 Å². The van der Waals surface area contributed by atoms with Gasteiger partial charge in [0.15, 0.2) is 5.96 Å². The van der Waals surface area contributed by atoms with Crippen LogP contribution in [-0.4, -0.2) is 38.9 Å². The largest absolute Gasteiger partial charge is 0.490 e. The maximum Gasteiger partial charge on any atom is 0.191 e. The van der Waals surface area contributed by atoms with Gasteiger partial charge in [-0.25, -0.2) is 0 Å². The summed E-state index contributed by atoms with van der Waals surface area (Å²) in [5.41, 5.74) is 3.89. The number of nitrogens with zero attached hydrogens (tertiary/aromatic N) is 1. The molecule has 0 amide bonds. The summed E-state index contributed by atoms with van der Waals surface area (Å²) in [5, 5.41) is 6.83. The normalized spacial score (nSPS) is 17.6. The molecule has 28 heavy (non-hydrogen) atoms. The van der Waals surface area contributed by atoms with E-state index in [9.17, 15) is 0 Å². The summed E-state index contributed by atoms with van der Waals surface area (Å²) in [7, 11) is 1.81. The molecule has 0 radical (unpaired) electrons. The van der Waals surface area contributed by atoms with Crippen molar-refractivity contribution in [3.8, 4) is 5.75 Å². The van der Waals surface area contributed by atoms with Gasteiger partial charge in [-0.05, 0) is 57.1 Å². The molecule has 2 aliphatic rings. The Bertz CT molecular complexity index is 670. The van der Waals surface area contributed by atoms with Crippen molar-refractivity contribution >= 4 is 29.9 Å². The minimum Gasteiger partial charge on any atom is -0.490 e. The summed E-state index contributed by atoms with van der Waals surface area (Å²) >= 11 is 0. The molecule has 0 aromatic heterocycles. The molecule has 1 aromatic rings. The van der Waals surface area contributed by atoms with E-state index in [1.807, 2.05) is 7.05 Å². The molecule has 1 aliphatic heterocycles. The van der Waals surface area contributed by atoms with E-state index in [-0.39, 0.29) is 24.0 Å². The molecule has 1 aliphatic carbocycles. The topological polar surface area (TPSA) is 54.9 Å². The van der Waals surface area contributed by atoms with E-state index in [1.165, 1.54) is 42.4 Å². The third-order valence-corrected chi connectivity index (χ3v) is 5.28. The first-order valence-electron chi connectivity index (χ1n) is 10.2. The van der Waals surface area contributed by atoms with Crippen LogP contribution in [0.15, 0.2) is 34.8 Å². The van der Waals surface area contributed by atoms with Gasteiger partial charge in [-0.3, -0.25) is 4.99 Å². The second-order valence-corrected chi connectivity index (χ2v) is 7.43. The zero-order chi connectivity index (χ0) is 18.9. The van der Waals surface area contributed by atoms with Crippen molar-refractivity contribution in [2.45, 2.75) is 58.1 Å². The SMILES string of the molecule is CN=C(NCCC1=CCOCC1)NCc1ccc(C)cc1OC1CCCC1.I. The molecular formula is C22H34IN3O2. The van der Waals surface area contributed by atoms with Crippen LogP contribution in [0.5, 0.6) is 5.75 Å². The van der Waals surface area contributed by atoms with Gasteiger partial charge in [-0.15, -0.1) is 24.0 Å². The number of benzene rings is 1. The fraction of sp³-hybridized carbons (Fsp3) is 0.591. The standard InChI is InChI=1S/C22H33N3O2.HI/c1-17-7-8-19(21(15-17)27-20-5-3-4-6-20)16-25-22(23-2)24-12-9-18-10-13-26-14-11-18;/h7-8,10,15,20H,3-6,9,11-14,16H2,1-2H3,(H2,23,24,25);1H. The molecule has 1 heterocycles. The molecule has 6 heteroatoms. The second kappa shape index (κ2) is 12.3. The molecule has 0 bridgehead atoms. The zero-order valence-corrected chi connectivity index (χ0v) is 19.5. The first-order chi connectivity index (χ1) is 13.2. The average Bonchev–Trinajstić information content (AvgIpc) is 3.19. The highest BCUT2D eigenvalue weighted by Gasteiger charge is 2.18. The van der Waals surface area contributed by atoms with Crippen LogP contribution in [-0.2, 0) is 11.3 Å². The van der Waals surface area contributed by atoms with E-state index in [0.717, 1.165) is 44.3 Å². The summed E-state index contributed by atoms with van der Waals surface area (Å²) in [6, 6.07) is 6.46. The van der Waals surface area contributed by atoms with Crippen molar-refractivity contribution in [3.63, 3.8) is 0 Å². The van der Waals surface area contributed by atoms with E-state index in [1.54, 1.807) is 0 Å². The molecule has 5 nitrogen and oxygen atoms in total. The number of rotatable bonds is 7. The molecule has 156 valence electrons. The van der Waals surface area contributed by atoms with Crippen LogP contribution in [0.2, 0.25) is 0 Å². The molecule has 1 aromatic carbocycles. The summed E-state index contributed by atoms with van der Waals surface area (Å²) in [6.07, 6.45) is 9.54. The lowest BCUT2D eigenvalue weighted by atomic mass is 10.1. The maximum absolute atomic E-state index is 6.29. The van der Waals surface area contributed by atoms with Crippen LogP contribution in [0.1, 0.15) is 49.7 Å². The summed E-state index contributed by atoms with van der Waals surface area (Å²) in [5.74, 6) is 1.84. The Hall–Kier alpha value is -1.28. The monoisotopic (exact) mass is 499 g/mol. The first-order valence-corrected chi connectivity index (χ1v) is 10.2. The average molecular weight is 499 g/mol. The van der Waals surface area contributed by atoms with E-state index in [0.29, 0.717) is 12.6 Å². The Balaban J connectivity index is 0.00000280. The van der Waals surface area contributed by atoms with Gasteiger partial charge < -0.3 is 20.1 Å². The lowest BCUT2D eigenvalue weighted by Gasteiger charge is -2.19. The third kappa shape index (κ3) is 7.28. The third-order valence-electron chi connectivity index (χ3n) is 5.28. The number of hydrogen-bond acceptors (Lipinski definition) is 3. The van der Waals surface area contributed by atoms with Crippen LogP contribution < -0.4 is 15.4 Å². The Morgan fingerprint density at radius 1 is 1.25 bits per heavy atom. The number of ether oxygens (including phenoxy) is 2. The van der Waals surface area contributed by atoms with Crippen molar-refractivity contribution in [1.82, 2.24) is 10.6 Å². The highest BCUT2D eigenvalue weighted by Crippen LogP contribution is 2.27. The molecule has 1 saturated carbocycles. The predicted octanol–water partition coefficient (Wildman–Crippen LogP) is 4.34. The molecule has 2 N–H and O–H groups in total. The van der Waals surface area contributed by atoms with Crippen LogP contribution in [0.4, 0.5) is 0 Å². The Kier molecular flexibility index (Phi) is 10.1. The van der Waals surface area contributed by atoms with E-state index in [4.69, 9.17) is 9.47 Å². The maximum atomic E-state index is 6.29. The number of aliphatic imine (C=N–C) groups is 1. The smallest absolute Gasteiger partial charge is 0.191 e. The first kappa shape index (κ1) is 23.0. The van der Waals surface area contributed by atoms with Gasteiger partial charge in [0.1, 0.15) is 5.75 Å².